The van der Waals surface area contributed by atoms with E-state index in [-0.39, 0.29) is 5.91 Å². The highest BCUT2D eigenvalue weighted by Crippen LogP contribution is 2.16. The van der Waals surface area contributed by atoms with Crippen LogP contribution in [-0.4, -0.2) is 23.7 Å². The predicted octanol–water partition coefficient (Wildman–Crippen LogP) is 3.56. The van der Waals surface area contributed by atoms with Crippen LogP contribution in [0, 0.1) is 0 Å². The lowest BCUT2D eigenvalue weighted by atomic mass is 10.1. The van der Waals surface area contributed by atoms with E-state index < -0.39 is 0 Å². The average molecular weight is 300 g/mol. The van der Waals surface area contributed by atoms with Gasteiger partial charge in [-0.15, -0.1) is 11.8 Å². The number of thioether (sulfide) groups is 1. The Morgan fingerprint density at radius 3 is 2.71 bits per heavy atom. The molecule has 1 aromatic carbocycles. The molecule has 1 aromatic heterocycles. The molecule has 0 unspecified atom stereocenters. The van der Waals surface area contributed by atoms with Crippen LogP contribution < -0.4 is 5.32 Å². The van der Waals surface area contributed by atoms with Gasteiger partial charge in [-0.05, 0) is 43.2 Å². The van der Waals surface area contributed by atoms with E-state index in [4.69, 9.17) is 0 Å². The second-order valence-corrected chi connectivity index (χ2v) is 5.55. The summed E-state index contributed by atoms with van der Waals surface area (Å²) in [6.45, 7) is 0.703. The molecule has 0 aliphatic carbocycles. The molecule has 0 spiro atoms. The largest absolute Gasteiger partial charge is 0.352 e. The molecule has 1 amide bonds. The van der Waals surface area contributed by atoms with Crippen molar-refractivity contribution in [2.45, 2.75) is 24.3 Å². The summed E-state index contributed by atoms with van der Waals surface area (Å²) in [6, 6.07) is 14.0. The summed E-state index contributed by atoms with van der Waals surface area (Å²) in [5.41, 5.74) is 2.01. The monoisotopic (exact) mass is 300 g/mol. The summed E-state index contributed by atoms with van der Waals surface area (Å²) >= 11 is 1.49. The summed E-state index contributed by atoms with van der Waals surface area (Å²) in [5.74, 6) is -0.0350. The number of nitrogens with zero attached hydrogens (tertiary/aromatic N) is 1. The van der Waals surface area contributed by atoms with Crippen molar-refractivity contribution in [3.63, 3.8) is 0 Å². The number of unbranched alkanes of at least 4 members (excludes halogenated alkanes) is 1. The van der Waals surface area contributed by atoms with E-state index in [1.165, 1.54) is 17.3 Å². The molecule has 0 aliphatic heterocycles. The highest BCUT2D eigenvalue weighted by molar-refractivity contribution is 7.98. The molecule has 4 heteroatoms. The number of aromatic nitrogens is 1. The Morgan fingerprint density at radius 2 is 1.95 bits per heavy atom. The van der Waals surface area contributed by atoms with Gasteiger partial charge in [0.25, 0.3) is 5.91 Å². The minimum absolute atomic E-state index is 0.0350. The molecule has 1 N–H and O–H groups in total. The van der Waals surface area contributed by atoms with Crippen LogP contribution in [0.1, 0.15) is 28.8 Å². The molecule has 21 heavy (non-hydrogen) atoms. The van der Waals surface area contributed by atoms with Crippen LogP contribution in [0.5, 0.6) is 0 Å². The number of pyridine rings is 1. The van der Waals surface area contributed by atoms with E-state index in [1.54, 1.807) is 12.3 Å². The molecule has 0 aliphatic rings. The zero-order valence-electron chi connectivity index (χ0n) is 12.2. The minimum atomic E-state index is -0.0350. The summed E-state index contributed by atoms with van der Waals surface area (Å²) in [5, 5.41) is 3.74. The van der Waals surface area contributed by atoms with Crippen LogP contribution in [0.15, 0.2) is 53.7 Å². The summed E-state index contributed by atoms with van der Waals surface area (Å²) < 4.78 is 0. The molecule has 0 radical (unpaired) electrons. The molecule has 0 saturated heterocycles. The highest BCUT2D eigenvalue weighted by Gasteiger charge is 2.10. The van der Waals surface area contributed by atoms with Gasteiger partial charge in [0.1, 0.15) is 5.03 Å². The summed E-state index contributed by atoms with van der Waals surface area (Å²) in [4.78, 5) is 16.3. The topological polar surface area (TPSA) is 42.0 Å². The van der Waals surface area contributed by atoms with Crippen molar-refractivity contribution < 1.29 is 4.79 Å². The normalized spacial score (nSPS) is 10.3. The molecule has 3 nitrogen and oxygen atoms in total. The number of nitrogens with one attached hydrogen (secondary N) is 1. The molecule has 2 rings (SSSR count). The lowest BCUT2D eigenvalue weighted by molar-refractivity contribution is 0.0949. The first-order valence-electron chi connectivity index (χ1n) is 7.12. The van der Waals surface area contributed by atoms with E-state index in [1.807, 2.05) is 18.4 Å². The van der Waals surface area contributed by atoms with Crippen molar-refractivity contribution in [1.82, 2.24) is 10.3 Å². The first-order chi connectivity index (χ1) is 10.3. The van der Waals surface area contributed by atoms with E-state index in [9.17, 15) is 4.79 Å². The quantitative estimate of drug-likeness (QED) is 0.628. The van der Waals surface area contributed by atoms with E-state index in [0.29, 0.717) is 12.1 Å². The Labute approximate surface area is 130 Å². The van der Waals surface area contributed by atoms with Crippen LogP contribution in [0.4, 0.5) is 0 Å². The van der Waals surface area contributed by atoms with Crippen LogP contribution in [0.2, 0.25) is 0 Å². The van der Waals surface area contributed by atoms with Gasteiger partial charge < -0.3 is 5.32 Å². The Hall–Kier alpha value is -1.81. The van der Waals surface area contributed by atoms with Crippen LogP contribution in [-0.2, 0) is 6.42 Å². The molecule has 0 fully saturated rings. The van der Waals surface area contributed by atoms with Crippen molar-refractivity contribution in [2.75, 3.05) is 12.8 Å². The SMILES string of the molecule is CSc1ncccc1C(=O)NCCCCc1ccccc1. The number of amides is 1. The zero-order chi connectivity index (χ0) is 14.9. The minimum Gasteiger partial charge on any atom is -0.352 e. The molecule has 0 saturated carbocycles. The van der Waals surface area contributed by atoms with Crippen molar-refractivity contribution in [2.24, 2.45) is 0 Å². The first kappa shape index (κ1) is 15.6. The summed E-state index contributed by atoms with van der Waals surface area (Å²) in [7, 11) is 0. The highest BCUT2D eigenvalue weighted by atomic mass is 32.2. The van der Waals surface area contributed by atoms with E-state index in [2.05, 4.69) is 34.6 Å². The number of aryl methyl sites for hydroxylation is 1. The Morgan fingerprint density at radius 1 is 1.14 bits per heavy atom. The molecule has 1 heterocycles. The van der Waals surface area contributed by atoms with E-state index in [0.717, 1.165) is 24.3 Å². The maximum atomic E-state index is 12.1. The predicted molar refractivity (Wildman–Crippen MR) is 87.7 cm³/mol. The van der Waals surface area contributed by atoms with E-state index >= 15 is 0 Å². The fourth-order valence-corrected chi connectivity index (χ4v) is 2.67. The second kappa shape index (κ2) is 8.47. The lowest BCUT2D eigenvalue weighted by Gasteiger charge is -2.07. The first-order valence-corrected chi connectivity index (χ1v) is 8.35. The number of carbonyl (C=O) groups excluding carboxylic acids is 1. The van der Waals surface area contributed by atoms with Crippen molar-refractivity contribution in [1.29, 1.82) is 0 Å². The summed E-state index contributed by atoms with van der Waals surface area (Å²) in [6.07, 6.45) is 6.75. The van der Waals surface area contributed by atoms with Gasteiger partial charge in [0.05, 0.1) is 5.56 Å². The maximum Gasteiger partial charge on any atom is 0.254 e. The number of rotatable bonds is 7. The number of carbonyl (C=O) groups is 1. The van der Waals surface area contributed by atoms with Gasteiger partial charge in [0, 0.05) is 12.7 Å². The third-order valence-electron chi connectivity index (χ3n) is 3.23. The fourth-order valence-electron chi connectivity index (χ4n) is 2.12. The van der Waals surface area contributed by atoms with Crippen LogP contribution >= 0.6 is 11.8 Å². The van der Waals surface area contributed by atoms with Crippen LogP contribution in [0.3, 0.4) is 0 Å². The third kappa shape index (κ3) is 4.90. The maximum absolute atomic E-state index is 12.1. The standard InChI is InChI=1S/C17H20N2OS/c1-21-17-15(11-7-13-19-17)16(20)18-12-6-5-10-14-8-3-2-4-9-14/h2-4,7-9,11,13H,5-6,10,12H2,1H3,(H,18,20). The molecule has 2 aromatic rings. The Kier molecular flexibility index (Phi) is 6.28. The Bertz CT molecular complexity index is 572. The fraction of sp³-hybridized carbons (Fsp3) is 0.294. The number of benzene rings is 1. The number of hydrogen-bond acceptors (Lipinski definition) is 3. The van der Waals surface area contributed by atoms with Crippen molar-refractivity contribution in [3.05, 3.63) is 59.8 Å². The van der Waals surface area contributed by atoms with Crippen molar-refractivity contribution >= 4 is 17.7 Å². The molecular weight excluding hydrogens is 280 g/mol. The third-order valence-corrected chi connectivity index (χ3v) is 3.94. The number of hydrogen-bond donors (Lipinski definition) is 1. The average Bonchev–Trinajstić information content (AvgIpc) is 2.55. The van der Waals surface area contributed by atoms with Gasteiger partial charge in [0.15, 0.2) is 0 Å². The molecule has 110 valence electrons. The lowest BCUT2D eigenvalue weighted by Crippen LogP contribution is -2.25. The zero-order valence-corrected chi connectivity index (χ0v) is 13.0. The smallest absolute Gasteiger partial charge is 0.254 e. The second-order valence-electron chi connectivity index (χ2n) is 4.76. The van der Waals surface area contributed by atoms with Gasteiger partial charge >= 0.3 is 0 Å². The van der Waals surface area contributed by atoms with Crippen LogP contribution in [0.25, 0.3) is 0 Å². The van der Waals surface area contributed by atoms with Gasteiger partial charge in [0.2, 0.25) is 0 Å². The Balaban J connectivity index is 1.72. The van der Waals surface area contributed by atoms with Gasteiger partial charge in [-0.25, -0.2) is 4.98 Å². The van der Waals surface area contributed by atoms with Gasteiger partial charge in [-0.2, -0.15) is 0 Å². The van der Waals surface area contributed by atoms with Crippen molar-refractivity contribution in [3.8, 4) is 0 Å². The molecule has 0 atom stereocenters. The van der Waals surface area contributed by atoms with Gasteiger partial charge in [-0.3, -0.25) is 4.79 Å². The van der Waals surface area contributed by atoms with Gasteiger partial charge in [-0.1, -0.05) is 30.3 Å². The molecular formula is C17H20N2OS. The molecule has 0 bridgehead atoms.